The van der Waals surface area contributed by atoms with Gasteiger partial charge in [-0.05, 0) is 25.5 Å². The van der Waals surface area contributed by atoms with Crippen molar-refractivity contribution in [1.29, 1.82) is 0 Å². The summed E-state index contributed by atoms with van der Waals surface area (Å²) < 4.78 is 31.4. The molecule has 5 nitrogen and oxygen atoms in total. The molecule has 1 aromatic rings. The predicted octanol–water partition coefficient (Wildman–Crippen LogP) is 1.65. The zero-order valence-corrected chi connectivity index (χ0v) is 13.9. The van der Waals surface area contributed by atoms with E-state index in [2.05, 4.69) is 4.90 Å². The third-order valence-corrected chi connectivity index (χ3v) is 3.93. The summed E-state index contributed by atoms with van der Waals surface area (Å²) in [6, 6.07) is 3.15. The van der Waals surface area contributed by atoms with Crippen LogP contribution in [0.25, 0.3) is 0 Å². The van der Waals surface area contributed by atoms with Crippen LogP contribution in [0.4, 0.5) is 8.78 Å². The number of hydrogen-bond donors (Lipinski definition) is 1. The van der Waals surface area contributed by atoms with E-state index >= 15 is 0 Å². The molecular weight excluding hydrogens is 318 g/mol. The SMILES string of the molecule is CC(O)CN1CCN(C(=O)CCCOc2ccc(F)cc2F)CC1. The van der Waals surface area contributed by atoms with Crippen LogP contribution in [-0.4, -0.2) is 66.2 Å². The highest BCUT2D eigenvalue weighted by Crippen LogP contribution is 2.18. The van der Waals surface area contributed by atoms with Crippen LogP contribution in [0.3, 0.4) is 0 Å². The zero-order chi connectivity index (χ0) is 17.5. The van der Waals surface area contributed by atoms with Crippen molar-refractivity contribution in [2.24, 2.45) is 0 Å². The molecule has 1 saturated heterocycles. The molecule has 7 heteroatoms. The summed E-state index contributed by atoms with van der Waals surface area (Å²) in [5, 5.41) is 9.37. The number of aliphatic hydroxyl groups is 1. The van der Waals surface area contributed by atoms with E-state index in [9.17, 15) is 18.7 Å². The first-order valence-corrected chi connectivity index (χ1v) is 8.22. The lowest BCUT2D eigenvalue weighted by Gasteiger charge is -2.35. The van der Waals surface area contributed by atoms with E-state index in [1.54, 1.807) is 11.8 Å². The molecule has 0 bridgehead atoms. The van der Waals surface area contributed by atoms with Crippen LogP contribution < -0.4 is 4.74 Å². The van der Waals surface area contributed by atoms with Crippen LogP contribution in [0.5, 0.6) is 5.75 Å². The van der Waals surface area contributed by atoms with Gasteiger partial charge in [-0.1, -0.05) is 0 Å². The summed E-state index contributed by atoms with van der Waals surface area (Å²) in [6.07, 6.45) is 0.444. The molecule has 0 saturated carbocycles. The van der Waals surface area contributed by atoms with Crippen molar-refractivity contribution in [3.63, 3.8) is 0 Å². The second kappa shape index (κ2) is 8.94. The normalized spacial score (nSPS) is 16.9. The molecule has 1 aromatic carbocycles. The van der Waals surface area contributed by atoms with Crippen molar-refractivity contribution in [1.82, 2.24) is 9.80 Å². The number of carbonyl (C=O) groups excluding carboxylic acids is 1. The summed E-state index contributed by atoms with van der Waals surface area (Å²) >= 11 is 0. The molecule has 134 valence electrons. The first-order valence-electron chi connectivity index (χ1n) is 8.22. The molecule has 0 aliphatic carbocycles. The van der Waals surface area contributed by atoms with Crippen LogP contribution in [0, 0.1) is 11.6 Å². The monoisotopic (exact) mass is 342 g/mol. The van der Waals surface area contributed by atoms with Crippen LogP contribution in [0.2, 0.25) is 0 Å². The Morgan fingerprint density at radius 2 is 2.00 bits per heavy atom. The topological polar surface area (TPSA) is 53.0 Å². The lowest BCUT2D eigenvalue weighted by Crippen LogP contribution is -2.50. The van der Waals surface area contributed by atoms with Gasteiger partial charge in [-0.3, -0.25) is 9.69 Å². The molecule has 0 spiro atoms. The van der Waals surface area contributed by atoms with Gasteiger partial charge in [-0.15, -0.1) is 0 Å². The number of carbonyl (C=O) groups is 1. The number of piperazine rings is 1. The maximum Gasteiger partial charge on any atom is 0.222 e. The zero-order valence-electron chi connectivity index (χ0n) is 13.9. The predicted molar refractivity (Wildman–Crippen MR) is 85.8 cm³/mol. The van der Waals surface area contributed by atoms with Gasteiger partial charge in [0.25, 0.3) is 0 Å². The fourth-order valence-corrected chi connectivity index (χ4v) is 2.71. The van der Waals surface area contributed by atoms with Gasteiger partial charge >= 0.3 is 0 Å². The molecule has 1 heterocycles. The molecule has 0 aromatic heterocycles. The largest absolute Gasteiger partial charge is 0.491 e. The summed E-state index contributed by atoms with van der Waals surface area (Å²) in [7, 11) is 0. The van der Waals surface area contributed by atoms with Crippen LogP contribution in [-0.2, 0) is 4.79 Å². The number of ether oxygens (including phenoxy) is 1. The Hall–Kier alpha value is -1.73. The Kier molecular flexibility index (Phi) is 6.93. The van der Waals surface area contributed by atoms with Crippen molar-refractivity contribution in [3.8, 4) is 5.75 Å². The Balaban J connectivity index is 1.65. The maximum atomic E-state index is 13.4. The molecule has 1 aliphatic heterocycles. The van der Waals surface area contributed by atoms with Crippen LogP contribution in [0.1, 0.15) is 19.8 Å². The highest BCUT2D eigenvalue weighted by atomic mass is 19.1. The third-order valence-electron chi connectivity index (χ3n) is 3.93. The van der Waals surface area contributed by atoms with Gasteiger partial charge in [0.2, 0.25) is 5.91 Å². The molecule has 1 aliphatic rings. The number of aliphatic hydroxyl groups excluding tert-OH is 1. The molecular formula is C17H24F2N2O3. The van der Waals surface area contributed by atoms with Crippen molar-refractivity contribution in [2.75, 3.05) is 39.3 Å². The number of hydrogen-bond acceptors (Lipinski definition) is 4. The van der Waals surface area contributed by atoms with Gasteiger partial charge in [0.1, 0.15) is 5.82 Å². The van der Waals surface area contributed by atoms with Gasteiger partial charge < -0.3 is 14.7 Å². The number of nitrogens with zero attached hydrogens (tertiary/aromatic N) is 2. The van der Waals surface area contributed by atoms with E-state index in [4.69, 9.17) is 4.74 Å². The summed E-state index contributed by atoms with van der Waals surface area (Å²) in [6.45, 7) is 5.40. The fraction of sp³-hybridized carbons (Fsp3) is 0.588. The van der Waals surface area contributed by atoms with Crippen LogP contribution >= 0.6 is 0 Å². The van der Waals surface area contributed by atoms with E-state index in [-0.39, 0.29) is 24.4 Å². The maximum absolute atomic E-state index is 13.4. The lowest BCUT2D eigenvalue weighted by molar-refractivity contribution is -0.133. The quantitative estimate of drug-likeness (QED) is 0.766. The Labute approximate surface area is 140 Å². The second-order valence-electron chi connectivity index (χ2n) is 6.06. The van der Waals surface area contributed by atoms with Gasteiger partial charge in [-0.2, -0.15) is 0 Å². The first kappa shape index (κ1) is 18.6. The number of β-amino-alcohol motifs (C(OH)–C–C–N with tert-alkyl or cyclic N) is 1. The van der Waals surface area contributed by atoms with Gasteiger partial charge in [-0.25, -0.2) is 8.78 Å². The summed E-state index contributed by atoms with van der Waals surface area (Å²) in [5.41, 5.74) is 0. The average molecular weight is 342 g/mol. The van der Waals surface area contributed by atoms with Crippen molar-refractivity contribution >= 4 is 5.91 Å². The minimum atomic E-state index is -0.740. The van der Waals surface area contributed by atoms with Crippen molar-refractivity contribution in [3.05, 3.63) is 29.8 Å². The van der Waals surface area contributed by atoms with E-state index in [1.165, 1.54) is 6.07 Å². The van der Waals surface area contributed by atoms with E-state index in [0.29, 0.717) is 32.5 Å². The Bertz CT molecular complexity index is 547. The molecule has 2 rings (SSSR count). The molecule has 1 atom stereocenters. The summed E-state index contributed by atoms with van der Waals surface area (Å²) in [5.74, 6) is -1.34. The number of halogens is 2. The average Bonchev–Trinajstić information content (AvgIpc) is 2.53. The van der Waals surface area contributed by atoms with Gasteiger partial charge in [0.05, 0.1) is 12.7 Å². The van der Waals surface area contributed by atoms with Crippen molar-refractivity contribution < 1.29 is 23.4 Å². The first-order chi connectivity index (χ1) is 11.5. The van der Waals surface area contributed by atoms with E-state index in [1.807, 2.05) is 0 Å². The molecule has 1 N–H and O–H groups in total. The number of rotatable bonds is 7. The van der Waals surface area contributed by atoms with Crippen LogP contribution in [0.15, 0.2) is 18.2 Å². The second-order valence-corrected chi connectivity index (χ2v) is 6.06. The molecule has 1 unspecified atom stereocenters. The highest BCUT2D eigenvalue weighted by Gasteiger charge is 2.21. The highest BCUT2D eigenvalue weighted by molar-refractivity contribution is 5.76. The van der Waals surface area contributed by atoms with Crippen molar-refractivity contribution in [2.45, 2.75) is 25.9 Å². The molecule has 0 radical (unpaired) electrons. The summed E-state index contributed by atoms with van der Waals surface area (Å²) in [4.78, 5) is 16.1. The number of amides is 1. The molecule has 24 heavy (non-hydrogen) atoms. The smallest absolute Gasteiger partial charge is 0.222 e. The van der Waals surface area contributed by atoms with Gasteiger partial charge in [0, 0.05) is 45.2 Å². The minimum Gasteiger partial charge on any atom is -0.491 e. The van der Waals surface area contributed by atoms with Gasteiger partial charge in [0.15, 0.2) is 11.6 Å². The fourth-order valence-electron chi connectivity index (χ4n) is 2.71. The van der Waals surface area contributed by atoms with E-state index in [0.717, 1.165) is 25.2 Å². The molecule has 1 fully saturated rings. The lowest BCUT2D eigenvalue weighted by atomic mass is 10.2. The third kappa shape index (κ3) is 5.72. The number of benzene rings is 1. The minimum absolute atomic E-state index is 0.00409. The van der Waals surface area contributed by atoms with E-state index < -0.39 is 11.6 Å². The standard InChI is InChI=1S/C17H24F2N2O3/c1-13(22)12-20-6-8-21(9-7-20)17(23)3-2-10-24-16-5-4-14(18)11-15(16)19/h4-5,11,13,22H,2-3,6-10,12H2,1H3. The Morgan fingerprint density at radius 1 is 1.29 bits per heavy atom. The Morgan fingerprint density at radius 3 is 2.62 bits per heavy atom. The molecule has 1 amide bonds.